The molecule has 0 bridgehead atoms. The van der Waals surface area contributed by atoms with Crippen molar-refractivity contribution in [2.75, 3.05) is 7.11 Å². The first kappa shape index (κ1) is 16.8. The highest BCUT2D eigenvalue weighted by Crippen LogP contribution is 2.45. The summed E-state index contributed by atoms with van der Waals surface area (Å²) < 4.78 is 46.4. The van der Waals surface area contributed by atoms with E-state index in [1.54, 1.807) is 19.9 Å². The molecule has 0 aromatic heterocycles. The average molecular weight is 315 g/mol. The Hall–Kier alpha value is -1.56. The minimum atomic E-state index is -4.85. The summed E-state index contributed by atoms with van der Waals surface area (Å²) in [5, 5.41) is 0. The Bertz CT molecular complexity index is 522. The SMILES string of the molecule is CO[C@@](C(=O)N1[C@H](C)CC[C@H]1C)(c1ccccc1)C(F)(F)F. The molecule has 122 valence electrons. The van der Waals surface area contributed by atoms with Crippen molar-refractivity contribution in [3.63, 3.8) is 0 Å². The fourth-order valence-corrected chi connectivity index (χ4v) is 3.18. The van der Waals surface area contributed by atoms with Gasteiger partial charge in [0, 0.05) is 24.8 Å². The van der Waals surface area contributed by atoms with Gasteiger partial charge in [-0.1, -0.05) is 30.3 Å². The van der Waals surface area contributed by atoms with Crippen LogP contribution in [-0.4, -0.2) is 36.2 Å². The predicted molar refractivity (Wildman–Crippen MR) is 76.2 cm³/mol. The molecule has 3 atom stereocenters. The molecule has 0 radical (unpaired) electrons. The first-order chi connectivity index (χ1) is 10.3. The number of ether oxygens (including phenoxy) is 1. The van der Waals surface area contributed by atoms with Crippen molar-refractivity contribution in [3.8, 4) is 0 Å². The highest BCUT2D eigenvalue weighted by molar-refractivity contribution is 5.88. The Labute approximate surface area is 128 Å². The third-order valence-electron chi connectivity index (χ3n) is 4.37. The van der Waals surface area contributed by atoms with Gasteiger partial charge in [0.05, 0.1) is 0 Å². The van der Waals surface area contributed by atoms with Crippen LogP contribution < -0.4 is 0 Å². The summed E-state index contributed by atoms with van der Waals surface area (Å²) in [5.74, 6) is -1.04. The zero-order valence-electron chi connectivity index (χ0n) is 12.9. The molecular formula is C16H20F3NO2. The maximum absolute atomic E-state index is 13.8. The van der Waals surface area contributed by atoms with E-state index in [0.717, 1.165) is 7.11 Å². The minimum absolute atomic E-state index is 0.193. The van der Waals surface area contributed by atoms with Gasteiger partial charge in [-0.3, -0.25) is 4.79 Å². The summed E-state index contributed by atoms with van der Waals surface area (Å²) in [5.41, 5.74) is -3.15. The van der Waals surface area contributed by atoms with E-state index in [2.05, 4.69) is 0 Å². The van der Waals surface area contributed by atoms with Crippen molar-refractivity contribution in [3.05, 3.63) is 35.9 Å². The van der Waals surface area contributed by atoms with Crippen molar-refractivity contribution in [1.29, 1.82) is 0 Å². The molecule has 1 aromatic carbocycles. The van der Waals surface area contributed by atoms with Gasteiger partial charge in [-0.25, -0.2) is 0 Å². The minimum Gasteiger partial charge on any atom is -0.356 e. The molecule has 1 amide bonds. The second-order valence-electron chi connectivity index (χ2n) is 5.74. The zero-order chi connectivity index (χ0) is 16.5. The molecule has 22 heavy (non-hydrogen) atoms. The van der Waals surface area contributed by atoms with Crippen molar-refractivity contribution in [1.82, 2.24) is 4.90 Å². The van der Waals surface area contributed by atoms with E-state index in [-0.39, 0.29) is 17.6 Å². The van der Waals surface area contributed by atoms with Gasteiger partial charge >= 0.3 is 6.18 Å². The maximum atomic E-state index is 13.8. The molecule has 1 aliphatic heterocycles. The van der Waals surface area contributed by atoms with Gasteiger partial charge in [0.1, 0.15) is 0 Å². The average Bonchev–Trinajstić information content (AvgIpc) is 2.79. The number of carbonyl (C=O) groups excluding carboxylic acids is 1. The Morgan fingerprint density at radius 2 is 1.64 bits per heavy atom. The van der Waals surface area contributed by atoms with Crippen LogP contribution in [0.1, 0.15) is 32.3 Å². The largest absolute Gasteiger partial charge is 0.430 e. The van der Waals surface area contributed by atoms with Crippen molar-refractivity contribution in [2.24, 2.45) is 0 Å². The summed E-state index contributed by atoms with van der Waals surface area (Å²) in [7, 11) is 0.934. The van der Waals surface area contributed by atoms with Crippen molar-refractivity contribution < 1.29 is 22.7 Å². The maximum Gasteiger partial charge on any atom is 0.430 e. The van der Waals surface area contributed by atoms with Crippen LogP contribution in [0.3, 0.4) is 0 Å². The molecule has 2 rings (SSSR count). The smallest absolute Gasteiger partial charge is 0.356 e. The molecular weight excluding hydrogens is 295 g/mol. The number of nitrogens with zero attached hydrogens (tertiary/aromatic N) is 1. The highest BCUT2D eigenvalue weighted by atomic mass is 19.4. The lowest BCUT2D eigenvalue weighted by Gasteiger charge is -2.39. The van der Waals surface area contributed by atoms with Crippen LogP contribution in [0.15, 0.2) is 30.3 Å². The van der Waals surface area contributed by atoms with E-state index in [1.807, 2.05) is 0 Å². The van der Waals surface area contributed by atoms with Crippen LogP contribution in [0.25, 0.3) is 0 Å². The normalized spacial score (nSPS) is 25.1. The summed E-state index contributed by atoms with van der Waals surface area (Å²) >= 11 is 0. The summed E-state index contributed by atoms with van der Waals surface area (Å²) in [6.07, 6.45) is -3.46. The molecule has 0 spiro atoms. The van der Waals surface area contributed by atoms with E-state index in [4.69, 9.17) is 4.74 Å². The molecule has 1 aliphatic rings. The number of benzene rings is 1. The number of hydrogen-bond acceptors (Lipinski definition) is 2. The van der Waals surface area contributed by atoms with Gasteiger partial charge in [0.2, 0.25) is 0 Å². The standard InChI is InChI=1S/C16H20F3NO2/c1-11-9-10-12(2)20(11)14(21)15(22-3,16(17,18)19)13-7-5-4-6-8-13/h4-8,11-12H,9-10H2,1-3H3/t11-,12-,15-/m1/s1. The zero-order valence-corrected chi connectivity index (χ0v) is 12.9. The van der Waals surface area contributed by atoms with Gasteiger partial charge < -0.3 is 9.64 Å². The van der Waals surface area contributed by atoms with E-state index in [9.17, 15) is 18.0 Å². The third kappa shape index (κ3) is 2.49. The number of amides is 1. The van der Waals surface area contributed by atoms with Crippen molar-refractivity contribution >= 4 is 5.91 Å². The van der Waals surface area contributed by atoms with E-state index in [1.165, 1.54) is 29.2 Å². The van der Waals surface area contributed by atoms with Gasteiger partial charge in [-0.15, -0.1) is 0 Å². The van der Waals surface area contributed by atoms with E-state index < -0.39 is 17.7 Å². The fourth-order valence-electron chi connectivity index (χ4n) is 3.18. The second-order valence-corrected chi connectivity index (χ2v) is 5.74. The Kier molecular flexibility index (Phi) is 4.52. The number of halogens is 3. The van der Waals surface area contributed by atoms with Gasteiger partial charge in [0.25, 0.3) is 11.5 Å². The molecule has 1 heterocycles. The van der Waals surface area contributed by atoms with Crippen LogP contribution >= 0.6 is 0 Å². The molecule has 1 saturated heterocycles. The highest BCUT2D eigenvalue weighted by Gasteiger charge is 2.64. The fraction of sp³-hybridized carbons (Fsp3) is 0.562. The summed E-state index contributed by atoms with van der Waals surface area (Å²) in [6.45, 7) is 3.53. The topological polar surface area (TPSA) is 29.5 Å². The molecule has 1 fully saturated rings. The van der Waals surface area contributed by atoms with E-state index >= 15 is 0 Å². The van der Waals surface area contributed by atoms with Gasteiger partial charge in [0.15, 0.2) is 0 Å². The number of carbonyl (C=O) groups is 1. The predicted octanol–water partition coefficient (Wildman–Crippen LogP) is 3.49. The van der Waals surface area contributed by atoms with Gasteiger partial charge in [-0.2, -0.15) is 13.2 Å². The Morgan fingerprint density at radius 1 is 1.14 bits per heavy atom. The number of hydrogen-bond donors (Lipinski definition) is 0. The van der Waals surface area contributed by atoms with Crippen LogP contribution in [0.5, 0.6) is 0 Å². The lowest BCUT2D eigenvalue weighted by molar-refractivity contribution is -0.271. The molecule has 0 unspecified atom stereocenters. The third-order valence-corrected chi connectivity index (χ3v) is 4.37. The second kappa shape index (κ2) is 5.91. The number of alkyl halides is 3. The number of rotatable bonds is 3. The molecule has 3 nitrogen and oxygen atoms in total. The molecule has 0 aliphatic carbocycles. The monoisotopic (exact) mass is 315 g/mol. The Morgan fingerprint density at radius 3 is 2.05 bits per heavy atom. The van der Waals surface area contributed by atoms with E-state index in [0.29, 0.717) is 12.8 Å². The number of methoxy groups -OCH3 is 1. The molecule has 1 aromatic rings. The summed E-state index contributed by atoms with van der Waals surface area (Å²) in [4.78, 5) is 14.2. The van der Waals surface area contributed by atoms with Crippen LogP contribution in [0.2, 0.25) is 0 Å². The first-order valence-corrected chi connectivity index (χ1v) is 7.26. The number of likely N-dealkylation sites (tertiary alicyclic amines) is 1. The van der Waals surface area contributed by atoms with Crippen molar-refractivity contribution in [2.45, 2.75) is 50.6 Å². The van der Waals surface area contributed by atoms with Crippen LogP contribution in [-0.2, 0) is 15.1 Å². The first-order valence-electron chi connectivity index (χ1n) is 7.26. The molecule has 0 saturated carbocycles. The molecule has 6 heteroatoms. The lowest BCUT2D eigenvalue weighted by Crippen LogP contribution is -2.58. The summed E-state index contributed by atoms with van der Waals surface area (Å²) in [6, 6.07) is 6.64. The van der Waals surface area contributed by atoms with Gasteiger partial charge in [-0.05, 0) is 26.7 Å². The van der Waals surface area contributed by atoms with Crippen LogP contribution in [0.4, 0.5) is 13.2 Å². The quantitative estimate of drug-likeness (QED) is 0.854. The Balaban J connectivity index is 2.56. The van der Waals surface area contributed by atoms with Crippen LogP contribution in [0, 0.1) is 0 Å². The molecule has 0 N–H and O–H groups in total. The lowest BCUT2D eigenvalue weighted by atomic mass is 9.90.